The number of aliphatic hydroxyl groups excluding tert-OH is 1. The van der Waals surface area contributed by atoms with Crippen LogP contribution in [0.4, 0.5) is 0 Å². The van der Waals surface area contributed by atoms with Gasteiger partial charge < -0.3 is 9.84 Å². The van der Waals surface area contributed by atoms with Gasteiger partial charge in [0, 0.05) is 0 Å². The molecule has 0 radical (unpaired) electrons. The zero-order chi connectivity index (χ0) is 7.44. The van der Waals surface area contributed by atoms with E-state index in [2.05, 4.69) is 0 Å². The highest BCUT2D eigenvalue weighted by Crippen LogP contribution is 2.00. The Bertz CT molecular complexity index is 69.3. The summed E-state index contributed by atoms with van der Waals surface area (Å²) in [5.74, 6) is 0. The van der Waals surface area contributed by atoms with Crippen molar-refractivity contribution >= 4 is 0 Å². The molecule has 0 aliphatic carbocycles. The van der Waals surface area contributed by atoms with Crippen molar-refractivity contribution in [1.82, 2.24) is 0 Å². The van der Waals surface area contributed by atoms with Crippen molar-refractivity contribution in [2.45, 2.75) is 46.0 Å². The van der Waals surface area contributed by atoms with Gasteiger partial charge in [0.1, 0.15) is 0 Å². The molecule has 2 atom stereocenters. The van der Waals surface area contributed by atoms with E-state index < -0.39 is 0 Å². The summed E-state index contributed by atoms with van der Waals surface area (Å²) < 4.78 is 5.26. The highest BCUT2D eigenvalue weighted by molar-refractivity contribution is 4.57. The molecule has 0 spiro atoms. The molecule has 9 heavy (non-hydrogen) atoms. The first kappa shape index (κ1) is 8.92. The summed E-state index contributed by atoms with van der Waals surface area (Å²) in [5.41, 5.74) is 0. The maximum Gasteiger partial charge on any atom is 0.0806 e. The molecule has 2 nitrogen and oxygen atoms in total. The van der Waals surface area contributed by atoms with Crippen molar-refractivity contribution in [3.05, 3.63) is 0 Å². The topological polar surface area (TPSA) is 29.5 Å². The minimum Gasteiger partial charge on any atom is -0.391 e. The summed E-state index contributed by atoms with van der Waals surface area (Å²) in [4.78, 5) is 0. The standard InChI is InChI=1S/C7H16O2/c1-5(2)9-7(4)6(3)8/h5-8H,1-4H3/t6-,7-/m1/s1. The summed E-state index contributed by atoms with van der Waals surface area (Å²) in [7, 11) is 0. The number of aliphatic hydroxyl groups is 1. The van der Waals surface area contributed by atoms with Crippen LogP contribution in [-0.2, 0) is 4.74 Å². The summed E-state index contributed by atoms with van der Waals surface area (Å²) in [6.45, 7) is 7.51. The third-order valence-electron chi connectivity index (χ3n) is 1.17. The van der Waals surface area contributed by atoms with E-state index in [9.17, 15) is 0 Å². The van der Waals surface area contributed by atoms with Crippen molar-refractivity contribution in [3.63, 3.8) is 0 Å². The number of ether oxygens (including phenoxy) is 1. The van der Waals surface area contributed by atoms with Crippen LogP contribution >= 0.6 is 0 Å². The average molecular weight is 132 g/mol. The molecule has 0 aliphatic heterocycles. The normalized spacial score (nSPS) is 18.0. The molecule has 2 heteroatoms. The summed E-state index contributed by atoms with van der Waals surface area (Å²) in [6.07, 6.45) is -0.216. The second kappa shape index (κ2) is 3.85. The van der Waals surface area contributed by atoms with Crippen LogP contribution in [0.1, 0.15) is 27.7 Å². The monoisotopic (exact) mass is 132 g/mol. The fourth-order valence-electron chi connectivity index (χ4n) is 0.543. The van der Waals surface area contributed by atoms with E-state index in [1.165, 1.54) is 0 Å². The van der Waals surface area contributed by atoms with Gasteiger partial charge in [0.05, 0.1) is 18.3 Å². The van der Waals surface area contributed by atoms with Crippen molar-refractivity contribution in [1.29, 1.82) is 0 Å². The van der Waals surface area contributed by atoms with E-state index in [0.717, 1.165) is 0 Å². The molecule has 0 saturated carbocycles. The number of hydrogen-bond donors (Lipinski definition) is 1. The molecule has 0 rings (SSSR count). The van der Waals surface area contributed by atoms with Crippen LogP contribution in [-0.4, -0.2) is 23.4 Å². The molecule has 0 aromatic rings. The minimum atomic E-state index is -0.368. The quantitative estimate of drug-likeness (QED) is 0.624. The zero-order valence-electron chi connectivity index (χ0n) is 6.59. The molecular weight excluding hydrogens is 116 g/mol. The highest BCUT2D eigenvalue weighted by atomic mass is 16.5. The van der Waals surface area contributed by atoms with Gasteiger partial charge in [-0.15, -0.1) is 0 Å². The Morgan fingerprint density at radius 2 is 1.56 bits per heavy atom. The molecule has 0 fully saturated rings. The van der Waals surface area contributed by atoms with Gasteiger partial charge in [-0.3, -0.25) is 0 Å². The molecule has 0 aromatic heterocycles. The van der Waals surface area contributed by atoms with E-state index in [-0.39, 0.29) is 18.3 Å². The Balaban J connectivity index is 3.38. The average Bonchev–Trinajstić information content (AvgIpc) is 1.63. The summed E-state index contributed by atoms with van der Waals surface area (Å²) >= 11 is 0. The van der Waals surface area contributed by atoms with E-state index in [1.807, 2.05) is 20.8 Å². The lowest BCUT2D eigenvalue weighted by atomic mass is 10.2. The third-order valence-corrected chi connectivity index (χ3v) is 1.17. The fourth-order valence-corrected chi connectivity index (χ4v) is 0.543. The third kappa shape index (κ3) is 4.43. The smallest absolute Gasteiger partial charge is 0.0806 e. The second-order valence-corrected chi connectivity index (χ2v) is 2.63. The van der Waals surface area contributed by atoms with Gasteiger partial charge in [0.15, 0.2) is 0 Å². The van der Waals surface area contributed by atoms with E-state index in [0.29, 0.717) is 0 Å². The first-order chi connectivity index (χ1) is 4.04. The molecule has 1 N–H and O–H groups in total. The second-order valence-electron chi connectivity index (χ2n) is 2.63. The Morgan fingerprint density at radius 1 is 1.11 bits per heavy atom. The largest absolute Gasteiger partial charge is 0.391 e. The predicted octanol–water partition coefficient (Wildman–Crippen LogP) is 1.18. The SMILES string of the molecule is CC(C)O[C@H](C)[C@@H](C)O. The summed E-state index contributed by atoms with van der Waals surface area (Å²) in [6, 6.07) is 0. The lowest BCUT2D eigenvalue weighted by Crippen LogP contribution is -2.25. The van der Waals surface area contributed by atoms with Crippen molar-refractivity contribution in [3.8, 4) is 0 Å². The van der Waals surface area contributed by atoms with Crippen LogP contribution in [0.2, 0.25) is 0 Å². The summed E-state index contributed by atoms with van der Waals surface area (Å²) in [5, 5.41) is 8.94. The van der Waals surface area contributed by atoms with Crippen LogP contribution in [0.3, 0.4) is 0 Å². The Morgan fingerprint density at radius 3 is 1.67 bits per heavy atom. The van der Waals surface area contributed by atoms with Gasteiger partial charge >= 0.3 is 0 Å². The lowest BCUT2D eigenvalue weighted by molar-refractivity contribution is -0.0476. The molecule has 0 saturated heterocycles. The first-order valence-corrected chi connectivity index (χ1v) is 3.37. The maximum absolute atomic E-state index is 8.94. The maximum atomic E-state index is 8.94. The molecular formula is C7H16O2. The Kier molecular flexibility index (Phi) is 3.82. The van der Waals surface area contributed by atoms with Gasteiger partial charge in [-0.1, -0.05) is 0 Å². The van der Waals surface area contributed by atoms with Gasteiger partial charge in [-0.25, -0.2) is 0 Å². The van der Waals surface area contributed by atoms with Gasteiger partial charge in [0.25, 0.3) is 0 Å². The van der Waals surface area contributed by atoms with Crippen LogP contribution in [0, 0.1) is 0 Å². The number of rotatable bonds is 3. The van der Waals surface area contributed by atoms with Gasteiger partial charge in [0.2, 0.25) is 0 Å². The Labute approximate surface area is 56.8 Å². The fraction of sp³-hybridized carbons (Fsp3) is 1.00. The van der Waals surface area contributed by atoms with Crippen molar-refractivity contribution < 1.29 is 9.84 Å². The van der Waals surface area contributed by atoms with Crippen molar-refractivity contribution in [2.24, 2.45) is 0 Å². The van der Waals surface area contributed by atoms with E-state index in [4.69, 9.17) is 9.84 Å². The van der Waals surface area contributed by atoms with Gasteiger partial charge in [-0.05, 0) is 27.7 Å². The molecule has 0 amide bonds. The lowest BCUT2D eigenvalue weighted by Gasteiger charge is -2.17. The molecule has 0 unspecified atom stereocenters. The molecule has 56 valence electrons. The van der Waals surface area contributed by atoms with Crippen molar-refractivity contribution in [2.75, 3.05) is 0 Å². The van der Waals surface area contributed by atoms with Gasteiger partial charge in [-0.2, -0.15) is 0 Å². The predicted molar refractivity (Wildman–Crippen MR) is 37.4 cm³/mol. The van der Waals surface area contributed by atoms with E-state index >= 15 is 0 Å². The molecule has 0 aromatic carbocycles. The zero-order valence-corrected chi connectivity index (χ0v) is 6.59. The molecule has 0 heterocycles. The first-order valence-electron chi connectivity index (χ1n) is 3.37. The van der Waals surface area contributed by atoms with Crippen LogP contribution in [0.15, 0.2) is 0 Å². The van der Waals surface area contributed by atoms with Crippen LogP contribution < -0.4 is 0 Å². The van der Waals surface area contributed by atoms with Crippen LogP contribution in [0.5, 0.6) is 0 Å². The minimum absolute atomic E-state index is 0.0509. The molecule has 0 aliphatic rings. The molecule has 0 bridgehead atoms. The van der Waals surface area contributed by atoms with Crippen LogP contribution in [0.25, 0.3) is 0 Å². The number of hydrogen-bond acceptors (Lipinski definition) is 2. The van der Waals surface area contributed by atoms with E-state index in [1.54, 1.807) is 6.92 Å². The highest BCUT2D eigenvalue weighted by Gasteiger charge is 2.09. The Hall–Kier alpha value is -0.0800.